The lowest BCUT2D eigenvalue weighted by atomic mass is 10.1. The Morgan fingerprint density at radius 1 is 1.70 bits per heavy atom. The fourth-order valence-electron chi connectivity index (χ4n) is 0.502. The summed E-state index contributed by atoms with van der Waals surface area (Å²) < 4.78 is 51.1. The van der Waals surface area contributed by atoms with Crippen LogP contribution in [0.25, 0.3) is 0 Å². The number of anilines is 1. The molecule has 0 spiro atoms. The molecule has 3 heteroatoms. The topological polar surface area (TPSA) is 51.8 Å². The highest BCUT2D eigenvalue weighted by molar-refractivity contribution is 5.24. The number of nitrogens with two attached hydrogens (primary N) is 1. The molecule has 0 amide bonds. The van der Waals surface area contributed by atoms with Crippen molar-refractivity contribution in [3.63, 3.8) is 0 Å². The zero-order chi connectivity index (χ0) is 13.5. The molecule has 0 radical (unpaired) electrons. The van der Waals surface area contributed by atoms with E-state index in [1.165, 1.54) is 0 Å². The van der Waals surface area contributed by atoms with E-state index < -0.39 is 25.3 Å². The van der Waals surface area contributed by atoms with Crippen LogP contribution in [0.15, 0.2) is 12.4 Å². The summed E-state index contributed by atoms with van der Waals surface area (Å²) in [6.45, 7) is -6.14. The van der Waals surface area contributed by atoms with Gasteiger partial charge in [0.05, 0.1) is 11.9 Å². The second kappa shape index (κ2) is 2.64. The molecule has 0 aliphatic heterocycles. The van der Waals surface area contributed by atoms with Crippen LogP contribution in [0.4, 0.5) is 5.82 Å². The lowest BCUT2D eigenvalue weighted by Crippen LogP contribution is -1.97. The highest BCUT2D eigenvalue weighted by Crippen LogP contribution is 2.09. The van der Waals surface area contributed by atoms with Gasteiger partial charge in [-0.3, -0.25) is 4.98 Å². The summed E-state index contributed by atoms with van der Waals surface area (Å²) in [5.74, 6) is -2.98. The maximum absolute atomic E-state index is 7.78. The van der Waals surface area contributed by atoms with Crippen LogP contribution in [0, 0.1) is 0 Å². The quantitative estimate of drug-likeness (QED) is 0.644. The Morgan fingerprint density at radius 2 is 2.50 bits per heavy atom. The third kappa shape index (κ3) is 1.43. The lowest BCUT2D eigenvalue weighted by Gasteiger charge is -2.02. The minimum Gasteiger partial charge on any atom is -0.382 e. The first kappa shape index (κ1) is 2.19. The molecule has 1 heterocycles. The van der Waals surface area contributed by atoms with E-state index in [4.69, 9.17) is 15.3 Å². The second-order valence-corrected chi connectivity index (χ2v) is 1.70. The summed E-state index contributed by atoms with van der Waals surface area (Å²) in [6, 6.07) is 0. The minimum atomic E-state index is -3.07. The van der Waals surface area contributed by atoms with Crippen LogP contribution in [-0.2, 0) is 0 Å². The molecule has 2 N–H and O–H groups in total. The van der Waals surface area contributed by atoms with E-state index in [2.05, 4.69) is 9.97 Å². The van der Waals surface area contributed by atoms with Gasteiger partial charge in [0.15, 0.2) is 0 Å². The molecule has 1 aromatic rings. The van der Waals surface area contributed by atoms with Gasteiger partial charge >= 0.3 is 0 Å². The van der Waals surface area contributed by atoms with Crippen LogP contribution >= 0.6 is 0 Å². The van der Waals surface area contributed by atoms with Crippen LogP contribution in [0.2, 0.25) is 0 Å². The van der Waals surface area contributed by atoms with E-state index in [1.807, 2.05) is 0 Å². The van der Waals surface area contributed by atoms with Crippen molar-refractivity contribution in [1.82, 2.24) is 9.97 Å². The first-order valence-electron chi connectivity index (χ1n) is 6.08. The molecule has 0 aliphatic rings. The molecule has 1 rings (SSSR count). The number of hydrogen-bond acceptors (Lipinski definition) is 3. The van der Waals surface area contributed by atoms with Crippen molar-refractivity contribution in [2.75, 3.05) is 5.73 Å². The predicted octanol–water partition coefficient (Wildman–Crippen LogP) is 1.18. The summed E-state index contributed by atoms with van der Waals surface area (Å²) >= 11 is 0. The normalized spacial score (nSPS) is 24.2. The standard InChI is InChI=1S/C7H11N3/c1-5(2)6-3-9-4-7(8)10-6/h3-5H,1-2H3,(H2,8,10)/i1D3,2D3,5D. The largest absolute Gasteiger partial charge is 0.382 e. The molecule has 0 atom stereocenters. The Balaban J connectivity index is 3.46. The molecule has 1 aromatic heterocycles. The Hall–Kier alpha value is -1.12. The number of nitrogens with zero attached hydrogens (tertiary/aromatic N) is 2. The second-order valence-electron chi connectivity index (χ2n) is 1.70. The van der Waals surface area contributed by atoms with Gasteiger partial charge in [-0.15, -0.1) is 0 Å². The Bertz CT molecular complexity index is 397. The van der Waals surface area contributed by atoms with Gasteiger partial charge in [-0.25, -0.2) is 4.98 Å². The molecule has 0 fully saturated rings. The van der Waals surface area contributed by atoms with Gasteiger partial charge in [0, 0.05) is 15.8 Å². The van der Waals surface area contributed by atoms with Gasteiger partial charge in [0.25, 0.3) is 0 Å². The van der Waals surface area contributed by atoms with Crippen LogP contribution in [-0.4, -0.2) is 9.97 Å². The molecule has 0 aromatic carbocycles. The number of rotatable bonds is 1. The van der Waals surface area contributed by atoms with Gasteiger partial charge in [-0.05, 0) is 5.89 Å². The third-order valence-electron chi connectivity index (χ3n) is 0.909. The summed E-state index contributed by atoms with van der Waals surface area (Å²) in [5, 5.41) is 0. The molecule has 0 saturated carbocycles. The molecule has 0 unspecified atom stereocenters. The fraction of sp³-hybridized carbons (Fsp3) is 0.429. The van der Waals surface area contributed by atoms with Crippen LogP contribution in [0.1, 0.15) is 34.9 Å². The molecule has 0 bridgehead atoms. The van der Waals surface area contributed by atoms with Crippen molar-refractivity contribution in [2.24, 2.45) is 0 Å². The van der Waals surface area contributed by atoms with Gasteiger partial charge in [0.2, 0.25) is 0 Å². The molecule has 3 nitrogen and oxygen atoms in total. The average Bonchev–Trinajstić information content (AvgIpc) is 2.12. The van der Waals surface area contributed by atoms with Crippen molar-refractivity contribution in [2.45, 2.75) is 19.6 Å². The van der Waals surface area contributed by atoms with E-state index in [0.717, 1.165) is 12.4 Å². The number of hydrogen-bond donors (Lipinski definition) is 1. The summed E-state index contributed by atoms with van der Waals surface area (Å²) in [5.41, 5.74) is 4.83. The van der Waals surface area contributed by atoms with Gasteiger partial charge in [-0.2, -0.15) is 0 Å². The van der Waals surface area contributed by atoms with Gasteiger partial charge in [-0.1, -0.05) is 13.7 Å². The molecule has 10 heavy (non-hydrogen) atoms. The smallest absolute Gasteiger partial charge is 0.142 e. The van der Waals surface area contributed by atoms with E-state index in [-0.39, 0.29) is 5.82 Å². The maximum atomic E-state index is 7.78. The molecule has 54 valence electrons. The highest BCUT2D eigenvalue weighted by atomic mass is 14.9. The van der Waals surface area contributed by atoms with Crippen molar-refractivity contribution in [3.8, 4) is 0 Å². The summed E-state index contributed by atoms with van der Waals surface area (Å²) in [7, 11) is 0. The Labute approximate surface area is 70.1 Å². The summed E-state index contributed by atoms with van der Waals surface area (Å²) in [6.07, 6.45) is 2.07. The number of nitrogen functional groups attached to an aromatic ring is 1. The molecule has 0 saturated heterocycles. The van der Waals surface area contributed by atoms with Gasteiger partial charge in [0.1, 0.15) is 5.82 Å². The van der Waals surface area contributed by atoms with E-state index >= 15 is 0 Å². The first-order valence-corrected chi connectivity index (χ1v) is 2.58. The monoisotopic (exact) mass is 144 g/mol. The Kier molecular flexibility index (Phi) is 0.578. The third-order valence-corrected chi connectivity index (χ3v) is 0.909. The first-order chi connectivity index (χ1) is 7.50. The van der Waals surface area contributed by atoms with Gasteiger partial charge < -0.3 is 5.73 Å². The average molecular weight is 144 g/mol. The Morgan fingerprint density at radius 3 is 3.10 bits per heavy atom. The highest BCUT2D eigenvalue weighted by Gasteiger charge is 1.99. The number of aromatic nitrogens is 2. The predicted molar refractivity (Wildman–Crippen MR) is 40.5 cm³/mol. The van der Waals surface area contributed by atoms with E-state index in [1.54, 1.807) is 0 Å². The zero-order valence-corrected chi connectivity index (χ0v) is 5.13. The van der Waals surface area contributed by atoms with Crippen molar-refractivity contribution >= 4 is 5.82 Å². The summed E-state index contributed by atoms with van der Waals surface area (Å²) in [4.78, 5) is 7.16. The fourth-order valence-corrected chi connectivity index (χ4v) is 0.502. The van der Waals surface area contributed by atoms with Crippen molar-refractivity contribution < 1.29 is 9.60 Å². The molecular formula is C7H11N3. The van der Waals surface area contributed by atoms with E-state index in [0.29, 0.717) is 0 Å². The van der Waals surface area contributed by atoms with Crippen LogP contribution in [0.5, 0.6) is 0 Å². The lowest BCUT2D eigenvalue weighted by molar-refractivity contribution is 0.814. The molecular weight excluding hydrogens is 126 g/mol. The van der Waals surface area contributed by atoms with Crippen molar-refractivity contribution in [3.05, 3.63) is 18.1 Å². The SMILES string of the molecule is [2H]C([2H])([2H])C([2H])(c1cncc(N)n1)C([2H])([2H])[2H]. The van der Waals surface area contributed by atoms with E-state index in [9.17, 15) is 0 Å². The van der Waals surface area contributed by atoms with Crippen LogP contribution in [0.3, 0.4) is 0 Å². The minimum absolute atomic E-state index is 0.132. The zero-order valence-electron chi connectivity index (χ0n) is 12.1. The molecule has 0 aliphatic carbocycles. The maximum Gasteiger partial charge on any atom is 0.142 e. The van der Waals surface area contributed by atoms with Crippen molar-refractivity contribution in [1.29, 1.82) is 0 Å². The van der Waals surface area contributed by atoms with Crippen LogP contribution < -0.4 is 5.73 Å².